The third-order valence-corrected chi connectivity index (χ3v) is 4.68. The minimum Gasteiger partial charge on any atom is -0.354 e. The molecule has 120 valence electrons. The number of nitrogens with zero attached hydrogens (tertiary/aromatic N) is 1. The summed E-state index contributed by atoms with van der Waals surface area (Å²) in [6.45, 7) is 0. The number of hydrogen-bond acceptors (Lipinski definition) is 1. The van der Waals surface area contributed by atoms with Crippen LogP contribution in [0.2, 0.25) is 5.02 Å². The Labute approximate surface area is 149 Å². The summed E-state index contributed by atoms with van der Waals surface area (Å²) >= 11 is 6.27. The maximum absolute atomic E-state index is 6.27. The fourth-order valence-electron chi connectivity index (χ4n) is 3.30. The van der Waals surface area contributed by atoms with Gasteiger partial charge in [0.2, 0.25) is 0 Å². The smallest absolute Gasteiger partial charge is 0.141 e. The molecule has 5 aromatic rings. The molecular weight excluding hydrogens is 330 g/mol. The first-order chi connectivity index (χ1) is 12.3. The van der Waals surface area contributed by atoms with Gasteiger partial charge < -0.3 is 9.97 Å². The zero-order chi connectivity index (χ0) is 16.8. The van der Waals surface area contributed by atoms with Crippen molar-refractivity contribution in [3.8, 4) is 22.6 Å². The van der Waals surface area contributed by atoms with Crippen molar-refractivity contribution in [2.45, 2.75) is 0 Å². The first kappa shape index (κ1) is 14.3. The Morgan fingerprint density at radius 3 is 2.40 bits per heavy atom. The van der Waals surface area contributed by atoms with Crippen molar-refractivity contribution in [2.24, 2.45) is 0 Å². The van der Waals surface area contributed by atoms with Crippen LogP contribution in [0.5, 0.6) is 0 Å². The topological polar surface area (TPSA) is 44.5 Å². The second-order valence-corrected chi connectivity index (χ2v) is 6.47. The molecule has 0 aliphatic heterocycles. The molecule has 0 aliphatic carbocycles. The zero-order valence-corrected chi connectivity index (χ0v) is 14.0. The molecule has 0 atom stereocenters. The minimum absolute atomic E-state index is 0.712. The second kappa shape index (κ2) is 5.50. The third kappa shape index (κ3) is 2.32. The van der Waals surface area contributed by atoms with Crippen LogP contribution in [0.1, 0.15) is 0 Å². The lowest BCUT2D eigenvalue weighted by Gasteiger charge is -2.02. The molecule has 0 spiro atoms. The Bertz CT molecular complexity index is 1170. The van der Waals surface area contributed by atoms with Gasteiger partial charge in [0.05, 0.1) is 22.3 Å². The van der Waals surface area contributed by atoms with Crippen LogP contribution in [-0.4, -0.2) is 15.0 Å². The van der Waals surface area contributed by atoms with Crippen molar-refractivity contribution in [3.05, 3.63) is 77.8 Å². The maximum Gasteiger partial charge on any atom is 0.141 e. The molecule has 5 rings (SSSR count). The van der Waals surface area contributed by atoms with Crippen molar-refractivity contribution < 1.29 is 0 Å². The highest BCUT2D eigenvalue weighted by Gasteiger charge is 2.18. The Kier molecular flexibility index (Phi) is 3.15. The summed E-state index contributed by atoms with van der Waals surface area (Å²) < 4.78 is 0. The average molecular weight is 344 g/mol. The van der Waals surface area contributed by atoms with Crippen LogP contribution in [0.4, 0.5) is 0 Å². The highest BCUT2D eigenvalue weighted by molar-refractivity contribution is 6.31. The number of rotatable bonds is 2. The fraction of sp³-hybridized carbons (Fsp3) is 0. The number of benzene rings is 3. The van der Waals surface area contributed by atoms with Crippen molar-refractivity contribution in [1.82, 2.24) is 15.0 Å². The van der Waals surface area contributed by atoms with E-state index in [0.717, 1.165) is 44.6 Å². The number of hydrogen-bond donors (Lipinski definition) is 2. The van der Waals surface area contributed by atoms with E-state index in [4.69, 9.17) is 16.6 Å². The summed E-state index contributed by atoms with van der Waals surface area (Å²) in [5.74, 6) is 0.841. The first-order valence-corrected chi connectivity index (χ1v) is 8.49. The second-order valence-electron chi connectivity index (χ2n) is 6.03. The normalized spacial score (nSPS) is 11.4. The van der Waals surface area contributed by atoms with Gasteiger partial charge in [-0.1, -0.05) is 54.1 Å². The van der Waals surface area contributed by atoms with Gasteiger partial charge in [0.15, 0.2) is 0 Å². The number of halogens is 1. The third-order valence-electron chi connectivity index (χ3n) is 4.45. The molecule has 2 N–H and O–H groups in total. The van der Waals surface area contributed by atoms with E-state index in [1.807, 2.05) is 60.7 Å². The Morgan fingerprint density at radius 2 is 1.56 bits per heavy atom. The molecule has 0 aliphatic rings. The molecule has 0 fully saturated rings. The predicted molar refractivity (Wildman–Crippen MR) is 104 cm³/mol. The van der Waals surface area contributed by atoms with E-state index in [9.17, 15) is 0 Å². The summed E-state index contributed by atoms with van der Waals surface area (Å²) in [5.41, 5.74) is 6.21. The van der Waals surface area contributed by atoms with Crippen LogP contribution in [0.3, 0.4) is 0 Å². The molecule has 4 heteroatoms. The van der Waals surface area contributed by atoms with Crippen molar-refractivity contribution in [2.75, 3.05) is 0 Å². The average Bonchev–Trinajstić information content (AvgIpc) is 3.22. The van der Waals surface area contributed by atoms with Crippen molar-refractivity contribution in [3.63, 3.8) is 0 Å². The number of aromatic nitrogens is 3. The Hall–Kier alpha value is -3.04. The van der Waals surface area contributed by atoms with Gasteiger partial charge in [-0.3, -0.25) is 0 Å². The van der Waals surface area contributed by atoms with Crippen LogP contribution in [-0.2, 0) is 0 Å². The van der Waals surface area contributed by atoms with Crippen molar-refractivity contribution in [1.29, 1.82) is 0 Å². The summed E-state index contributed by atoms with van der Waals surface area (Å²) in [4.78, 5) is 11.8. The molecule has 2 heterocycles. The summed E-state index contributed by atoms with van der Waals surface area (Å²) in [6.07, 6.45) is 0. The quantitative estimate of drug-likeness (QED) is 0.403. The van der Waals surface area contributed by atoms with Crippen LogP contribution in [0, 0.1) is 0 Å². The van der Waals surface area contributed by atoms with Gasteiger partial charge in [-0.05, 0) is 35.9 Å². The van der Waals surface area contributed by atoms with Crippen LogP contribution >= 0.6 is 11.6 Å². The van der Waals surface area contributed by atoms with Gasteiger partial charge in [0, 0.05) is 15.9 Å². The lowest BCUT2D eigenvalue weighted by Crippen LogP contribution is -1.84. The Morgan fingerprint density at radius 1 is 0.760 bits per heavy atom. The van der Waals surface area contributed by atoms with Crippen molar-refractivity contribution >= 4 is 33.5 Å². The van der Waals surface area contributed by atoms with E-state index < -0.39 is 0 Å². The first-order valence-electron chi connectivity index (χ1n) is 8.11. The van der Waals surface area contributed by atoms with E-state index >= 15 is 0 Å². The fourth-order valence-corrected chi connectivity index (χ4v) is 3.47. The summed E-state index contributed by atoms with van der Waals surface area (Å²) in [5, 5.41) is 1.77. The number of imidazole rings is 1. The number of H-pyrrole nitrogens is 2. The summed E-state index contributed by atoms with van der Waals surface area (Å²) in [7, 11) is 0. The molecule has 2 aromatic heterocycles. The number of aromatic amines is 2. The molecule has 0 bridgehead atoms. The Balaban J connectivity index is 1.87. The van der Waals surface area contributed by atoms with Gasteiger partial charge in [0.25, 0.3) is 0 Å². The summed E-state index contributed by atoms with van der Waals surface area (Å²) in [6, 6.07) is 24.2. The number of para-hydroxylation sites is 2. The lowest BCUT2D eigenvalue weighted by atomic mass is 10.0. The van der Waals surface area contributed by atoms with E-state index in [0.29, 0.717) is 5.02 Å². The highest BCUT2D eigenvalue weighted by atomic mass is 35.5. The monoisotopic (exact) mass is 343 g/mol. The predicted octanol–water partition coefficient (Wildman–Crippen LogP) is 6.03. The van der Waals surface area contributed by atoms with Crippen LogP contribution < -0.4 is 0 Å². The molecule has 0 amide bonds. The van der Waals surface area contributed by atoms with Gasteiger partial charge in [-0.2, -0.15) is 0 Å². The van der Waals surface area contributed by atoms with Gasteiger partial charge in [-0.15, -0.1) is 0 Å². The molecule has 3 nitrogen and oxygen atoms in total. The van der Waals surface area contributed by atoms with Gasteiger partial charge >= 0.3 is 0 Å². The molecule has 0 radical (unpaired) electrons. The molecule has 0 saturated heterocycles. The number of nitrogens with one attached hydrogen (secondary N) is 2. The van der Waals surface area contributed by atoms with Crippen LogP contribution in [0.25, 0.3) is 44.6 Å². The van der Waals surface area contributed by atoms with E-state index in [1.165, 1.54) is 0 Å². The van der Waals surface area contributed by atoms with E-state index in [2.05, 4.69) is 22.1 Å². The van der Waals surface area contributed by atoms with Gasteiger partial charge in [-0.25, -0.2) is 4.98 Å². The lowest BCUT2D eigenvalue weighted by molar-refractivity contribution is 1.34. The largest absolute Gasteiger partial charge is 0.354 e. The molecular formula is C21H14ClN3. The standard InChI is InChI=1S/C21H14ClN3/c22-14-10-11-16-15(12-14)19(20(23-16)13-6-2-1-3-7-13)21-24-17-8-4-5-9-18(17)25-21/h1-12,23H,(H,24,25). The minimum atomic E-state index is 0.712. The molecule has 25 heavy (non-hydrogen) atoms. The molecule has 0 saturated carbocycles. The number of fused-ring (bicyclic) bond motifs is 2. The van der Waals surface area contributed by atoms with Gasteiger partial charge in [0.1, 0.15) is 5.82 Å². The zero-order valence-electron chi connectivity index (χ0n) is 13.3. The maximum atomic E-state index is 6.27. The molecule has 3 aromatic carbocycles. The van der Waals surface area contributed by atoms with E-state index in [-0.39, 0.29) is 0 Å². The molecule has 0 unspecified atom stereocenters. The van der Waals surface area contributed by atoms with E-state index in [1.54, 1.807) is 0 Å². The SMILES string of the molecule is Clc1ccc2[nH]c(-c3ccccc3)c(-c3nc4ccccc4[nH]3)c2c1. The highest BCUT2D eigenvalue weighted by Crippen LogP contribution is 2.38. The van der Waals surface area contributed by atoms with Crippen LogP contribution in [0.15, 0.2) is 72.8 Å².